The number of aromatic nitrogens is 2. The Morgan fingerprint density at radius 2 is 1.74 bits per heavy atom. The van der Waals surface area contributed by atoms with E-state index in [1.807, 2.05) is 54.6 Å². The van der Waals surface area contributed by atoms with Crippen molar-refractivity contribution in [1.82, 2.24) is 9.97 Å². The van der Waals surface area contributed by atoms with Gasteiger partial charge in [-0.3, -0.25) is 0 Å². The third-order valence-corrected chi connectivity index (χ3v) is 4.39. The van der Waals surface area contributed by atoms with Crippen LogP contribution in [0.2, 0.25) is 0 Å². The first-order valence-corrected chi connectivity index (χ1v) is 8.58. The van der Waals surface area contributed by atoms with Gasteiger partial charge in [-0.1, -0.05) is 54.6 Å². The Morgan fingerprint density at radius 3 is 2.44 bits per heavy atom. The molecular weight excluding hydrogens is 334 g/mol. The Morgan fingerprint density at radius 1 is 1.00 bits per heavy atom. The molecule has 1 heterocycles. The van der Waals surface area contributed by atoms with E-state index in [0.717, 1.165) is 27.9 Å². The molecule has 0 fully saturated rings. The van der Waals surface area contributed by atoms with Crippen LogP contribution in [0.4, 0.5) is 0 Å². The van der Waals surface area contributed by atoms with E-state index < -0.39 is 0 Å². The summed E-state index contributed by atoms with van der Waals surface area (Å²) in [6, 6.07) is 26.2. The summed E-state index contributed by atoms with van der Waals surface area (Å²) < 4.78 is 5.23. The van der Waals surface area contributed by atoms with E-state index in [2.05, 4.69) is 40.3 Å². The lowest BCUT2D eigenvalue weighted by atomic mass is 10.0. The molecular formula is C23H17N3O. The highest BCUT2D eigenvalue weighted by atomic mass is 16.5. The number of rotatable bonds is 4. The molecule has 0 aliphatic carbocycles. The molecule has 0 atom stereocenters. The zero-order valence-corrected chi connectivity index (χ0v) is 14.8. The van der Waals surface area contributed by atoms with Gasteiger partial charge >= 0.3 is 0 Å². The second kappa shape index (κ2) is 7.19. The van der Waals surface area contributed by atoms with Crippen LogP contribution in [0.3, 0.4) is 0 Å². The minimum atomic E-state index is 0.484. The van der Waals surface area contributed by atoms with Crippen LogP contribution in [0.25, 0.3) is 33.8 Å². The maximum atomic E-state index is 9.60. The van der Waals surface area contributed by atoms with Crippen molar-refractivity contribution in [2.24, 2.45) is 0 Å². The number of nitriles is 1. The van der Waals surface area contributed by atoms with Crippen molar-refractivity contribution in [2.75, 3.05) is 7.11 Å². The molecule has 3 aromatic carbocycles. The molecule has 130 valence electrons. The summed E-state index contributed by atoms with van der Waals surface area (Å²) in [5.74, 6) is 1.30. The van der Waals surface area contributed by atoms with Crippen LogP contribution in [0.5, 0.6) is 5.75 Å². The van der Waals surface area contributed by atoms with Crippen LogP contribution in [0.15, 0.2) is 72.8 Å². The van der Waals surface area contributed by atoms with Gasteiger partial charge in [0.1, 0.15) is 17.6 Å². The maximum absolute atomic E-state index is 9.60. The Bertz CT molecular complexity index is 1150. The van der Waals surface area contributed by atoms with E-state index in [9.17, 15) is 5.26 Å². The number of hydrogen-bond donors (Lipinski definition) is 1. The van der Waals surface area contributed by atoms with Crippen LogP contribution in [0.1, 0.15) is 11.4 Å². The molecule has 0 saturated carbocycles. The fourth-order valence-electron chi connectivity index (χ4n) is 2.97. The lowest BCUT2D eigenvalue weighted by Crippen LogP contribution is -1.85. The zero-order valence-electron chi connectivity index (χ0n) is 14.8. The van der Waals surface area contributed by atoms with Crippen molar-refractivity contribution in [1.29, 1.82) is 5.26 Å². The van der Waals surface area contributed by atoms with E-state index in [4.69, 9.17) is 4.74 Å². The number of H-pyrrole nitrogens is 1. The van der Waals surface area contributed by atoms with Gasteiger partial charge in [0, 0.05) is 6.07 Å². The van der Waals surface area contributed by atoms with Gasteiger partial charge < -0.3 is 9.72 Å². The van der Waals surface area contributed by atoms with Gasteiger partial charge in [0.15, 0.2) is 0 Å². The molecule has 0 amide bonds. The molecule has 0 aliphatic rings. The molecule has 0 aliphatic heterocycles. The molecule has 0 unspecified atom stereocenters. The first kappa shape index (κ1) is 16.6. The first-order chi connectivity index (χ1) is 13.3. The monoisotopic (exact) mass is 351 g/mol. The summed E-state index contributed by atoms with van der Waals surface area (Å²) in [7, 11) is 1.62. The number of ether oxygens (including phenoxy) is 1. The largest absolute Gasteiger partial charge is 0.497 e. The van der Waals surface area contributed by atoms with E-state index in [-0.39, 0.29) is 0 Å². The van der Waals surface area contributed by atoms with Gasteiger partial charge in [0.2, 0.25) is 0 Å². The number of benzene rings is 3. The average molecular weight is 351 g/mol. The molecule has 4 aromatic rings. The fraction of sp³-hybridized carbons (Fsp3) is 0.0435. The standard InChI is InChI=1S/C23H17N3O/c1-27-20-11-12-21-22(14-20)26-23(25-21)19(15-24)13-16-7-9-18(10-8-16)17-5-3-2-4-6-17/h2-14H,1H3,(H,25,26). The number of imidazole rings is 1. The Kier molecular flexibility index (Phi) is 4.42. The molecule has 4 nitrogen and oxygen atoms in total. The summed E-state index contributed by atoms with van der Waals surface area (Å²) >= 11 is 0. The van der Waals surface area contributed by atoms with Crippen molar-refractivity contribution in [2.45, 2.75) is 0 Å². The number of fused-ring (bicyclic) bond motifs is 1. The number of allylic oxidation sites excluding steroid dienone is 1. The third-order valence-electron chi connectivity index (χ3n) is 4.39. The lowest BCUT2D eigenvalue weighted by Gasteiger charge is -2.02. The van der Waals surface area contributed by atoms with Crippen LogP contribution >= 0.6 is 0 Å². The predicted molar refractivity (Wildman–Crippen MR) is 108 cm³/mol. The van der Waals surface area contributed by atoms with Crippen LogP contribution < -0.4 is 4.74 Å². The van der Waals surface area contributed by atoms with Gasteiger partial charge in [-0.05, 0) is 34.9 Å². The van der Waals surface area contributed by atoms with Gasteiger partial charge in [-0.25, -0.2) is 4.98 Å². The van der Waals surface area contributed by atoms with Crippen LogP contribution in [0, 0.1) is 11.3 Å². The van der Waals surface area contributed by atoms with E-state index >= 15 is 0 Å². The van der Waals surface area contributed by atoms with Crippen molar-refractivity contribution >= 4 is 22.7 Å². The van der Waals surface area contributed by atoms with Gasteiger partial charge in [0.25, 0.3) is 0 Å². The summed E-state index contributed by atoms with van der Waals surface area (Å²) in [4.78, 5) is 7.72. The highest BCUT2D eigenvalue weighted by Gasteiger charge is 2.09. The summed E-state index contributed by atoms with van der Waals surface area (Å²) in [5, 5.41) is 9.60. The SMILES string of the molecule is COc1ccc2nc(C(C#N)=Cc3ccc(-c4ccccc4)cc3)[nH]c2c1. The topological polar surface area (TPSA) is 61.7 Å². The number of aromatic amines is 1. The van der Waals surface area contributed by atoms with Crippen molar-refractivity contribution in [3.63, 3.8) is 0 Å². The number of methoxy groups -OCH3 is 1. The highest BCUT2D eigenvalue weighted by molar-refractivity contribution is 5.90. The molecule has 1 aromatic heterocycles. The number of nitrogens with zero attached hydrogens (tertiary/aromatic N) is 2. The smallest absolute Gasteiger partial charge is 0.149 e. The second-order valence-electron chi connectivity index (χ2n) is 6.13. The van der Waals surface area contributed by atoms with Gasteiger partial charge in [-0.2, -0.15) is 5.26 Å². The molecule has 1 N–H and O–H groups in total. The van der Waals surface area contributed by atoms with Crippen LogP contribution in [-0.2, 0) is 0 Å². The molecule has 0 spiro atoms. The van der Waals surface area contributed by atoms with Crippen molar-refractivity contribution < 1.29 is 4.74 Å². The van der Waals surface area contributed by atoms with E-state index in [1.165, 1.54) is 5.56 Å². The zero-order chi connectivity index (χ0) is 18.6. The summed E-state index contributed by atoms with van der Waals surface area (Å²) in [6.45, 7) is 0. The minimum absolute atomic E-state index is 0.484. The van der Waals surface area contributed by atoms with Gasteiger partial charge in [-0.15, -0.1) is 0 Å². The Labute approximate surface area is 157 Å². The van der Waals surface area contributed by atoms with Gasteiger partial charge in [0.05, 0.1) is 23.7 Å². The molecule has 0 bridgehead atoms. The molecule has 0 saturated heterocycles. The molecule has 27 heavy (non-hydrogen) atoms. The second-order valence-corrected chi connectivity index (χ2v) is 6.13. The van der Waals surface area contributed by atoms with Crippen molar-refractivity contribution in [3.05, 3.63) is 84.2 Å². The average Bonchev–Trinajstić information content (AvgIpc) is 3.16. The number of hydrogen-bond acceptors (Lipinski definition) is 3. The summed E-state index contributed by atoms with van der Waals surface area (Å²) in [6.07, 6.45) is 1.84. The quantitative estimate of drug-likeness (QED) is 0.507. The fourth-order valence-corrected chi connectivity index (χ4v) is 2.97. The third kappa shape index (κ3) is 3.44. The lowest BCUT2D eigenvalue weighted by molar-refractivity contribution is 0.415. The van der Waals surface area contributed by atoms with E-state index in [0.29, 0.717) is 11.4 Å². The Hall–Kier alpha value is -3.84. The Balaban J connectivity index is 1.66. The molecule has 0 radical (unpaired) electrons. The number of nitrogens with one attached hydrogen (secondary N) is 1. The molecule has 4 heteroatoms. The summed E-state index contributed by atoms with van der Waals surface area (Å²) in [5.41, 5.74) is 5.38. The highest BCUT2D eigenvalue weighted by Crippen LogP contribution is 2.24. The van der Waals surface area contributed by atoms with E-state index in [1.54, 1.807) is 7.11 Å². The maximum Gasteiger partial charge on any atom is 0.149 e. The van der Waals surface area contributed by atoms with Crippen LogP contribution in [-0.4, -0.2) is 17.1 Å². The first-order valence-electron chi connectivity index (χ1n) is 8.58. The minimum Gasteiger partial charge on any atom is -0.497 e. The molecule has 4 rings (SSSR count). The predicted octanol–water partition coefficient (Wildman–Crippen LogP) is 5.30. The normalized spacial score (nSPS) is 11.3. The van der Waals surface area contributed by atoms with Crippen molar-refractivity contribution in [3.8, 4) is 22.9 Å².